The van der Waals surface area contributed by atoms with Gasteiger partial charge in [0.1, 0.15) is 0 Å². The van der Waals surface area contributed by atoms with E-state index in [0.29, 0.717) is 11.9 Å². The molecule has 0 radical (unpaired) electrons. The van der Waals surface area contributed by atoms with E-state index in [1.54, 1.807) is 0 Å². The van der Waals surface area contributed by atoms with E-state index in [2.05, 4.69) is 17.1 Å². The fraction of sp³-hybridized carbons (Fsp3) is 0.933. The van der Waals surface area contributed by atoms with Crippen LogP contribution in [0.5, 0.6) is 0 Å². The number of carbonyl (C=O) groups excluding carboxylic acids is 1. The van der Waals surface area contributed by atoms with Crippen molar-refractivity contribution in [2.45, 2.75) is 45.1 Å². The van der Waals surface area contributed by atoms with Gasteiger partial charge in [-0.2, -0.15) is 0 Å². The van der Waals surface area contributed by atoms with Crippen LogP contribution < -0.4 is 5.32 Å². The molecule has 1 amide bonds. The average molecular weight is 287 g/mol. The van der Waals surface area contributed by atoms with Crippen LogP contribution in [0.1, 0.15) is 39.0 Å². The van der Waals surface area contributed by atoms with Crippen molar-refractivity contribution in [2.75, 3.05) is 20.1 Å². The highest BCUT2D eigenvalue weighted by molar-refractivity contribution is 5.85. The van der Waals surface area contributed by atoms with E-state index < -0.39 is 0 Å². The third-order valence-electron chi connectivity index (χ3n) is 5.32. The number of hydrogen-bond acceptors (Lipinski definition) is 2. The Morgan fingerprint density at radius 1 is 1.16 bits per heavy atom. The number of nitrogens with one attached hydrogen (secondary N) is 1. The lowest BCUT2D eigenvalue weighted by molar-refractivity contribution is -0.137. The fourth-order valence-electron chi connectivity index (χ4n) is 4.73. The molecule has 4 aliphatic rings. The number of nitrogens with zero attached hydrogens (tertiary/aromatic N) is 1. The van der Waals surface area contributed by atoms with Crippen LogP contribution in [0.4, 0.5) is 0 Å². The molecule has 2 saturated carbocycles. The van der Waals surface area contributed by atoms with Crippen molar-refractivity contribution in [1.82, 2.24) is 10.2 Å². The lowest BCUT2D eigenvalue weighted by Gasteiger charge is -2.39. The van der Waals surface area contributed by atoms with Crippen LogP contribution in [0.15, 0.2) is 0 Å². The summed E-state index contributed by atoms with van der Waals surface area (Å²) in [5.74, 6) is 3.16. The SMILES string of the molecule is CNCC(C)C(=O)N1CC2CC3CC(C2)CC1C3.Cl. The Labute approximate surface area is 122 Å². The van der Waals surface area contributed by atoms with Gasteiger partial charge in [0.25, 0.3) is 0 Å². The van der Waals surface area contributed by atoms with E-state index in [1.807, 2.05) is 7.05 Å². The number of amides is 1. The third-order valence-corrected chi connectivity index (χ3v) is 5.32. The topological polar surface area (TPSA) is 32.3 Å². The highest BCUT2D eigenvalue weighted by Crippen LogP contribution is 2.47. The minimum absolute atomic E-state index is 0. The monoisotopic (exact) mass is 286 g/mol. The van der Waals surface area contributed by atoms with Gasteiger partial charge in [-0.1, -0.05) is 6.92 Å². The van der Waals surface area contributed by atoms with Crippen molar-refractivity contribution >= 4 is 18.3 Å². The summed E-state index contributed by atoms with van der Waals surface area (Å²) in [4.78, 5) is 14.8. The minimum atomic E-state index is 0. The molecule has 4 bridgehead atoms. The molecule has 3 atom stereocenters. The van der Waals surface area contributed by atoms with Crippen molar-refractivity contribution in [3.05, 3.63) is 0 Å². The van der Waals surface area contributed by atoms with Crippen molar-refractivity contribution < 1.29 is 4.79 Å². The Hall–Kier alpha value is -0.280. The van der Waals surface area contributed by atoms with E-state index in [-0.39, 0.29) is 18.3 Å². The molecule has 2 saturated heterocycles. The van der Waals surface area contributed by atoms with E-state index in [4.69, 9.17) is 0 Å². The Balaban J connectivity index is 0.00000133. The first-order valence-corrected chi connectivity index (χ1v) is 7.62. The zero-order valence-corrected chi connectivity index (χ0v) is 12.9. The molecule has 4 heteroatoms. The highest BCUT2D eigenvalue weighted by Gasteiger charge is 2.44. The molecule has 4 fully saturated rings. The summed E-state index contributed by atoms with van der Waals surface area (Å²) >= 11 is 0. The molecular formula is C15H27ClN2O. The van der Waals surface area contributed by atoms with Crippen molar-refractivity contribution in [1.29, 1.82) is 0 Å². The van der Waals surface area contributed by atoms with Crippen LogP contribution in [0.25, 0.3) is 0 Å². The summed E-state index contributed by atoms with van der Waals surface area (Å²) in [6.45, 7) is 3.92. The molecule has 110 valence electrons. The third kappa shape index (κ3) is 2.92. The molecule has 3 unspecified atom stereocenters. The lowest BCUT2D eigenvalue weighted by atomic mass is 9.68. The quantitative estimate of drug-likeness (QED) is 0.863. The molecule has 0 aromatic carbocycles. The van der Waals surface area contributed by atoms with Crippen molar-refractivity contribution in [3.8, 4) is 0 Å². The van der Waals surface area contributed by atoms with Crippen LogP contribution in [0.3, 0.4) is 0 Å². The van der Waals surface area contributed by atoms with E-state index in [0.717, 1.165) is 30.8 Å². The van der Waals surface area contributed by atoms with Crippen LogP contribution in [0.2, 0.25) is 0 Å². The summed E-state index contributed by atoms with van der Waals surface area (Å²) in [6, 6.07) is 0.563. The standard InChI is InChI=1S/C15H26N2O.ClH/c1-10(8-16-2)15(18)17-9-13-4-11-3-12(5-13)7-14(17)6-11;/h10-14,16H,3-9H2,1-2H3;1H. The first kappa shape index (κ1) is 15.1. The fourth-order valence-corrected chi connectivity index (χ4v) is 4.73. The maximum Gasteiger partial charge on any atom is 0.226 e. The first-order chi connectivity index (χ1) is 8.67. The zero-order valence-electron chi connectivity index (χ0n) is 12.1. The molecule has 2 heterocycles. The number of rotatable bonds is 3. The molecule has 0 aromatic rings. The highest BCUT2D eigenvalue weighted by atomic mass is 35.5. The Kier molecular flexibility index (Phi) is 4.78. The Morgan fingerprint density at radius 2 is 1.74 bits per heavy atom. The van der Waals surface area contributed by atoms with Gasteiger partial charge in [0.2, 0.25) is 5.91 Å². The number of fused-ring (bicyclic) bond motifs is 1. The largest absolute Gasteiger partial charge is 0.339 e. The average Bonchev–Trinajstić information content (AvgIpc) is 2.53. The zero-order chi connectivity index (χ0) is 12.7. The second kappa shape index (κ2) is 6.01. The van der Waals surface area contributed by atoms with Crippen molar-refractivity contribution in [2.24, 2.45) is 23.7 Å². The van der Waals surface area contributed by atoms with Crippen molar-refractivity contribution in [3.63, 3.8) is 0 Å². The van der Waals surface area contributed by atoms with Gasteiger partial charge in [0.05, 0.1) is 0 Å². The second-order valence-corrected chi connectivity index (χ2v) is 6.88. The van der Waals surface area contributed by atoms with Gasteiger partial charge in [0.15, 0.2) is 0 Å². The number of hydrogen-bond donors (Lipinski definition) is 1. The number of carbonyl (C=O) groups is 1. The van der Waals surface area contributed by atoms with Crippen LogP contribution in [-0.2, 0) is 4.79 Å². The van der Waals surface area contributed by atoms with Gasteiger partial charge in [-0.15, -0.1) is 12.4 Å². The Morgan fingerprint density at radius 3 is 2.32 bits per heavy atom. The summed E-state index contributed by atoms with van der Waals surface area (Å²) in [5, 5.41) is 3.13. The minimum Gasteiger partial charge on any atom is -0.339 e. The molecule has 2 aliphatic heterocycles. The van der Waals surface area contributed by atoms with Crippen LogP contribution >= 0.6 is 12.4 Å². The molecule has 0 aromatic heterocycles. The molecular weight excluding hydrogens is 260 g/mol. The molecule has 4 rings (SSSR count). The summed E-state index contributed by atoms with van der Waals surface area (Å²) in [6.07, 6.45) is 6.78. The van der Waals surface area contributed by atoms with Crippen LogP contribution in [-0.4, -0.2) is 37.0 Å². The van der Waals surface area contributed by atoms with Gasteiger partial charge in [0, 0.05) is 25.0 Å². The molecule has 1 N–H and O–H groups in total. The molecule has 2 aliphatic carbocycles. The Bertz CT molecular complexity index is 322. The summed E-state index contributed by atoms with van der Waals surface area (Å²) in [5.41, 5.74) is 0. The predicted octanol–water partition coefficient (Wildman–Crippen LogP) is 2.30. The second-order valence-electron chi connectivity index (χ2n) is 6.88. The van der Waals surface area contributed by atoms with E-state index in [9.17, 15) is 4.79 Å². The summed E-state index contributed by atoms with van der Waals surface area (Å²) in [7, 11) is 1.93. The van der Waals surface area contributed by atoms with Gasteiger partial charge in [-0.3, -0.25) is 4.79 Å². The first-order valence-electron chi connectivity index (χ1n) is 7.62. The number of halogens is 1. The molecule has 3 nitrogen and oxygen atoms in total. The molecule has 0 spiro atoms. The summed E-state index contributed by atoms with van der Waals surface area (Å²) < 4.78 is 0. The van der Waals surface area contributed by atoms with E-state index in [1.165, 1.54) is 32.1 Å². The maximum absolute atomic E-state index is 12.6. The lowest BCUT2D eigenvalue weighted by Crippen LogP contribution is -2.46. The molecule has 19 heavy (non-hydrogen) atoms. The smallest absolute Gasteiger partial charge is 0.226 e. The predicted molar refractivity (Wildman–Crippen MR) is 79.4 cm³/mol. The maximum atomic E-state index is 12.6. The van der Waals surface area contributed by atoms with Gasteiger partial charge >= 0.3 is 0 Å². The van der Waals surface area contributed by atoms with Gasteiger partial charge in [-0.25, -0.2) is 0 Å². The van der Waals surface area contributed by atoms with Gasteiger partial charge in [-0.05, 0) is 56.9 Å². The van der Waals surface area contributed by atoms with E-state index >= 15 is 0 Å². The van der Waals surface area contributed by atoms with Gasteiger partial charge < -0.3 is 10.2 Å². The normalized spacial score (nSPS) is 37.7. The van der Waals surface area contributed by atoms with Crippen LogP contribution in [0, 0.1) is 23.7 Å².